The van der Waals surface area contributed by atoms with Gasteiger partial charge >= 0.3 is 0 Å². The fourth-order valence-corrected chi connectivity index (χ4v) is 2.09. The summed E-state index contributed by atoms with van der Waals surface area (Å²) in [7, 11) is 0. The van der Waals surface area contributed by atoms with Crippen molar-refractivity contribution < 1.29 is 0 Å². The summed E-state index contributed by atoms with van der Waals surface area (Å²) in [4.78, 5) is 4.67. The molecule has 2 heterocycles. The minimum Gasteiger partial charge on any atom is -0.365 e. The molecule has 0 radical (unpaired) electrons. The lowest BCUT2D eigenvalue weighted by Gasteiger charge is -2.21. The van der Waals surface area contributed by atoms with E-state index in [9.17, 15) is 0 Å². The Bertz CT molecular complexity index is 578. The smallest absolute Gasteiger partial charge is 0.156 e. The Morgan fingerprint density at radius 3 is 2.50 bits per heavy atom. The first-order chi connectivity index (χ1) is 9.43. The lowest BCUT2D eigenvalue weighted by atomic mass is 10.1. The first-order valence-corrected chi connectivity index (χ1v) is 7.26. The molecule has 2 aromatic heterocycles. The number of nitrogens with one attached hydrogen (secondary N) is 1. The molecule has 0 bridgehead atoms. The van der Waals surface area contributed by atoms with Gasteiger partial charge in [0.15, 0.2) is 5.82 Å². The van der Waals surface area contributed by atoms with E-state index in [1.165, 1.54) is 5.69 Å². The van der Waals surface area contributed by atoms with Gasteiger partial charge in [0.25, 0.3) is 0 Å². The quantitative estimate of drug-likeness (QED) is 0.924. The highest BCUT2D eigenvalue weighted by molar-refractivity contribution is 5.42. The van der Waals surface area contributed by atoms with Crippen LogP contribution in [0.1, 0.15) is 46.0 Å². The number of hydrogen-bond acceptors (Lipinski definition) is 3. The van der Waals surface area contributed by atoms with Crippen LogP contribution in [0.4, 0.5) is 5.82 Å². The molecule has 0 aromatic carbocycles. The van der Waals surface area contributed by atoms with E-state index in [1.807, 2.05) is 22.9 Å². The Labute approximate surface area is 121 Å². The van der Waals surface area contributed by atoms with E-state index in [2.05, 4.69) is 56.1 Å². The lowest BCUT2D eigenvalue weighted by Crippen LogP contribution is -2.26. The third kappa shape index (κ3) is 3.38. The van der Waals surface area contributed by atoms with Crippen LogP contribution in [0, 0.1) is 0 Å². The SMILES string of the molecule is CCc1cc(CC)n(-c2cccc(NC(C)(C)C)n2)n1. The number of rotatable bonds is 4. The van der Waals surface area contributed by atoms with Crippen LogP contribution in [0.2, 0.25) is 0 Å². The Morgan fingerprint density at radius 1 is 1.15 bits per heavy atom. The van der Waals surface area contributed by atoms with Crippen molar-refractivity contribution in [3.05, 3.63) is 35.7 Å². The van der Waals surface area contributed by atoms with Crippen LogP contribution in [0.25, 0.3) is 5.82 Å². The van der Waals surface area contributed by atoms with Crippen LogP contribution < -0.4 is 5.32 Å². The largest absolute Gasteiger partial charge is 0.365 e. The summed E-state index contributed by atoms with van der Waals surface area (Å²) in [6.07, 6.45) is 1.89. The van der Waals surface area contributed by atoms with Gasteiger partial charge in [0.1, 0.15) is 5.82 Å². The van der Waals surface area contributed by atoms with E-state index in [0.29, 0.717) is 0 Å². The van der Waals surface area contributed by atoms with Crippen LogP contribution in [-0.2, 0) is 12.8 Å². The second-order valence-electron chi connectivity index (χ2n) is 6.00. The van der Waals surface area contributed by atoms with Crippen LogP contribution in [0.5, 0.6) is 0 Å². The number of aromatic nitrogens is 3. The Balaban J connectivity index is 2.38. The summed E-state index contributed by atoms with van der Waals surface area (Å²) in [5, 5.41) is 8.03. The molecule has 20 heavy (non-hydrogen) atoms. The summed E-state index contributed by atoms with van der Waals surface area (Å²) >= 11 is 0. The molecule has 4 nitrogen and oxygen atoms in total. The fourth-order valence-electron chi connectivity index (χ4n) is 2.09. The van der Waals surface area contributed by atoms with Crippen molar-refractivity contribution in [2.75, 3.05) is 5.32 Å². The summed E-state index contributed by atoms with van der Waals surface area (Å²) in [5.74, 6) is 1.75. The van der Waals surface area contributed by atoms with Gasteiger partial charge in [0.05, 0.1) is 5.69 Å². The van der Waals surface area contributed by atoms with E-state index in [0.717, 1.165) is 30.2 Å². The van der Waals surface area contributed by atoms with Gasteiger partial charge < -0.3 is 5.32 Å². The molecule has 0 saturated carbocycles. The zero-order valence-electron chi connectivity index (χ0n) is 13.1. The Kier molecular flexibility index (Phi) is 4.12. The Morgan fingerprint density at radius 2 is 1.90 bits per heavy atom. The van der Waals surface area contributed by atoms with Gasteiger partial charge in [0.2, 0.25) is 0 Å². The van der Waals surface area contributed by atoms with E-state index >= 15 is 0 Å². The maximum atomic E-state index is 4.67. The highest BCUT2D eigenvalue weighted by Gasteiger charge is 2.12. The van der Waals surface area contributed by atoms with Gasteiger partial charge in [-0.25, -0.2) is 9.67 Å². The van der Waals surface area contributed by atoms with Gasteiger partial charge in [-0.05, 0) is 51.8 Å². The molecule has 2 rings (SSSR count). The number of pyridine rings is 1. The van der Waals surface area contributed by atoms with E-state index in [4.69, 9.17) is 0 Å². The molecule has 4 heteroatoms. The molecule has 0 fully saturated rings. The number of anilines is 1. The summed E-state index contributed by atoms with van der Waals surface area (Å²) in [6, 6.07) is 8.17. The predicted octanol–water partition coefficient (Wildman–Crippen LogP) is 3.60. The average molecular weight is 272 g/mol. The van der Waals surface area contributed by atoms with Crippen molar-refractivity contribution in [3.8, 4) is 5.82 Å². The third-order valence-corrected chi connectivity index (χ3v) is 3.01. The minimum absolute atomic E-state index is 0.00208. The van der Waals surface area contributed by atoms with E-state index in [-0.39, 0.29) is 5.54 Å². The van der Waals surface area contributed by atoms with E-state index < -0.39 is 0 Å². The highest BCUT2D eigenvalue weighted by atomic mass is 15.3. The molecule has 0 atom stereocenters. The first kappa shape index (κ1) is 14.6. The van der Waals surface area contributed by atoms with Gasteiger partial charge in [-0.3, -0.25) is 0 Å². The van der Waals surface area contributed by atoms with Gasteiger partial charge in [-0.2, -0.15) is 5.10 Å². The normalized spacial score (nSPS) is 11.7. The van der Waals surface area contributed by atoms with E-state index in [1.54, 1.807) is 0 Å². The molecule has 0 saturated heterocycles. The number of aryl methyl sites for hydroxylation is 2. The van der Waals surface area contributed by atoms with Crippen molar-refractivity contribution >= 4 is 5.82 Å². The minimum atomic E-state index is -0.00208. The number of hydrogen-bond donors (Lipinski definition) is 1. The molecule has 0 aliphatic carbocycles. The van der Waals surface area contributed by atoms with Crippen molar-refractivity contribution in [1.82, 2.24) is 14.8 Å². The maximum Gasteiger partial charge on any atom is 0.156 e. The van der Waals surface area contributed by atoms with Crippen LogP contribution >= 0.6 is 0 Å². The standard InChI is InChI=1S/C16H24N4/c1-6-12-11-13(7-2)20(19-12)15-10-8-9-14(17-15)18-16(3,4)5/h8-11H,6-7H2,1-5H3,(H,17,18). The molecule has 0 spiro atoms. The summed E-state index contributed by atoms with van der Waals surface area (Å²) < 4.78 is 1.95. The van der Waals surface area contributed by atoms with Crippen LogP contribution in [-0.4, -0.2) is 20.3 Å². The number of nitrogens with zero attached hydrogens (tertiary/aromatic N) is 3. The molecule has 0 aliphatic heterocycles. The van der Waals surface area contributed by atoms with Gasteiger partial charge in [0, 0.05) is 11.2 Å². The molecule has 1 N–H and O–H groups in total. The lowest BCUT2D eigenvalue weighted by molar-refractivity contribution is 0.629. The van der Waals surface area contributed by atoms with Crippen LogP contribution in [0.15, 0.2) is 24.3 Å². The molecular weight excluding hydrogens is 248 g/mol. The fraction of sp³-hybridized carbons (Fsp3) is 0.500. The van der Waals surface area contributed by atoms with Crippen molar-refractivity contribution in [1.29, 1.82) is 0 Å². The van der Waals surface area contributed by atoms with Gasteiger partial charge in [-0.1, -0.05) is 19.9 Å². The summed E-state index contributed by atoms with van der Waals surface area (Å²) in [6.45, 7) is 10.6. The monoisotopic (exact) mass is 272 g/mol. The molecule has 2 aromatic rings. The van der Waals surface area contributed by atoms with Crippen molar-refractivity contribution in [2.24, 2.45) is 0 Å². The topological polar surface area (TPSA) is 42.7 Å². The zero-order valence-corrected chi connectivity index (χ0v) is 13.1. The van der Waals surface area contributed by atoms with Gasteiger partial charge in [-0.15, -0.1) is 0 Å². The maximum absolute atomic E-state index is 4.67. The highest BCUT2D eigenvalue weighted by Crippen LogP contribution is 2.16. The molecule has 0 amide bonds. The van der Waals surface area contributed by atoms with Crippen LogP contribution in [0.3, 0.4) is 0 Å². The molecular formula is C16H24N4. The summed E-state index contributed by atoms with van der Waals surface area (Å²) in [5.41, 5.74) is 2.30. The molecule has 108 valence electrons. The second kappa shape index (κ2) is 5.65. The molecule has 0 aliphatic rings. The average Bonchev–Trinajstić information content (AvgIpc) is 2.80. The second-order valence-corrected chi connectivity index (χ2v) is 6.00. The predicted molar refractivity (Wildman–Crippen MR) is 83.5 cm³/mol. The Hall–Kier alpha value is -1.84. The molecule has 0 unspecified atom stereocenters. The van der Waals surface area contributed by atoms with Crippen molar-refractivity contribution in [2.45, 2.75) is 53.0 Å². The van der Waals surface area contributed by atoms with Crippen molar-refractivity contribution in [3.63, 3.8) is 0 Å². The first-order valence-electron chi connectivity index (χ1n) is 7.26. The third-order valence-electron chi connectivity index (χ3n) is 3.01. The zero-order chi connectivity index (χ0) is 14.8.